The van der Waals surface area contributed by atoms with Gasteiger partial charge < -0.3 is 5.32 Å². The van der Waals surface area contributed by atoms with Gasteiger partial charge in [0.1, 0.15) is 0 Å². The third kappa shape index (κ3) is 3.39. The summed E-state index contributed by atoms with van der Waals surface area (Å²) in [5, 5.41) is 11.5. The molecule has 0 aromatic carbocycles. The van der Waals surface area contributed by atoms with E-state index in [1.807, 2.05) is 12.3 Å². The number of anilines is 1. The van der Waals surface area contributed by atoms with Crippen LogP contribution < -0.4 is 5.32 Å². The molecule has 0 fully saturated rings. The van der Waals surface area contributed by atoms with Crippen molar-refractivity contribution in [3.05, 3.63) is 21.1 Å². The summed E-state index contributed by atoms with van der Waals surface area (Å²) >= 11 is 2.04. The van der Waals surface area contributed by atoms with Crippen LogP contribution in [-0.2, 0) is 12.6 Å². The Morgan fingerprint density at radius 3 is 2.67 bits per heavy atom. The van der Waals surface area contributed by atoms with Gasteiger partial charge in [0.25, 0.3) is 0 Å². The van der Waals surface area contributed by atoms with E-state index in [9.17, 15) is 13.2 Å². The Morgan fingerprint density at radius 1 is 1.33 bits per heavy atom. The Balaban J connectivity index is 1.85. The zero-order valence-electron chi connectivity index (χ0n) is 9.28. The molecule has 0 aliphatic heterocycles. The summed E-state index contributed by atoms with van der Waals surface area (Å²) in [5.74, 6) is 0. The first kappa shape index (κ1) is 13.2. The maximum absolute atomic E-state index is 12.3. The molecule has 0 radical (unpaired) electrons. The van der Waals surface area contributed by atoms with Crippen LogP contribution in [0.2, 0.25) is 0 Å². The average molecular weight is 294 g/mol. The van der Waals surface area contributed by atoms with Crippen LogP contribution in [0.15, 0.2) is 5.38 Å². The number of hydrogen-bond acceptors (Lipinski definition) is 6. The van der Waals surface area contributed by atoms with Gasteiger partial charge in [0.2, 0.25) is 10.1 Å². The first-order chi connectivity index (χ1) is 8.45. The summed E-state index contributed by atoms with van der Waals surface area (Å²) in [6.07, 6.45) is -3.77. The molecule has 0 unspecified atom stereocenters. The van der Waals surface area contributed by atoms with Crippen molar-refractivity contribution in [1.82, 2.24) is 15.2 Å². The Hall–Kier alpha value is -1.22. The summed E-state index contributed by atoms with van der Waals surface area (Å²) in [5.41, 5.74) is 0.949. The molecule has 0 aliphatic carbocycles. The Morgan fingerprint density at radius 2 is 2.11 bits per heavy atom. The molecule has 2 aromatic heterocycles. The molecule has 2 rings (SSSR count). The monoisotopic (exact) mass is 294 g/mol. The predicted octanol–water partition coefficient (Wildman–Crippen LogP) is 2.98. The topological polar surface area (TPSA) is 50.7 Å². The van der Waals surface area contributed by atoms with Crippen LogP contribution in [0.3, 0.4) is 0 Å². The highest BCUT2D eigenvalue weighted by atomic mass is 32.1. The standard InChI is InChI=1S/C9H9F3N4S2/c1-5-4-17-6(14-5)2-3-13-8-16-15-7(18-8)9(10,11)12/h4H,2-3H2,1H3,(H,13,16). The van der Waals surface area contributed by atoms with E-state index in [2.05, 4.69) is 20.5 Å². The third-order valence-electron chi connectivity index (χ3n) is 1.95. The number of halogens is 3. The number of nitrogens with zero attached hydrogens (tertiary/aromatic N) is 3. The zero-order chi connectivity index (χ0) is 13.2. The highest BCUT2D eigenvalue weighted by molar-refractivity contribution is 7.15. The van der Waals surface area contributed by atoms with Gasteiger partial charge in [-0.25, -0.2) is 4.98 Å². The van der Waals surface area contributed by atoms with Crippen LogP contribution >= 0.6 is 22.7 Å². The van der Waals surface area contributed by atoms with Crippen molar-refractivity contribution in [1.29, 1.82) is 0 Å². The SMILES string of the molecule is Cc1csc(CCNc2nnc(C(F)(F)F)s2)n1. The van der Waals surface area contributed by atoms with Gasteiger partial charge in [-0.3, -0.25) is 0 Å². The lowest BCUT2D eigenvalue weighted by Crippen LogP contribution is -2.04. The van der Waals surface area contributed by atoms with Crippen molar-refractivity contribution in [2.45, 2.75) is 19.5 Å². The molecule has 2 heterocycles. The van der Waals surface area contributed by atoms with E-state index < -0.39 is 11.2 Å². The normalized spacial score (nSPS) is 11.8. The van der Waals surface area contributed by atoms with Crippen molar-refractivity contribution in [2.24, 2.45) is 0 Å². The molecule has 9 heteroatoms. The maximum atomic E-state index is 12.3. The van der Waals surface area contributed by atoms with Gasteiger partial charge in [-0.15, -0.1) is 21.5 Å². The molecule has 0 saturated carbocycles. The minimum absolute atomic E-state index is 0.176. The van der Waals surface area contributed by atoms with E-state index in [4.69, 9.17) is 0 Å². The zero-order valence-corrected chi connectivity index (χ0v) is 10.9. The fraction of sp³-hybridized carbons (Fsp3) is 0.444. The van der Waals surface area contributed by atoms with E-state index in [-0.39, 0.29) is 5.13 Å². The minimum atomic E-state index is -4.43. The second kappa shape index (κ2) is 5.19. The molecule has 0 bridgehead atoms. The molecule has 0 amide bonds. The average Bonchev–Trinajstić information content (AvgIpc) is 2.87. The molecule has 2 aromatic rings. The number of aromatic nitrogens is 3. The van der Waals surface area contributed by atoms with Gasteiger partial charge in [-0.2, -0.15) is 13.2 Å². The van der Waals surface area contributed by atoms with Crippen molar-refractivity contribution < 1.29 is 13.2 Å². The number of alkyl halides is 3. The highest BCUT2D eigenvalue weighted by Gasteiger charge is 2.35. The number of aryl methyl sites for hydroxylation is 1. The maximum Gasteiger partial charge on any atom is 0.445 e. The Kier molecular flexibility index (Phi) is 3.81. The molecular formula is C9H9F3N4S2. The molecule has 98 valence electrons. The largest absolute Gasteiger partial charge is 0.445 e. The van der Waals surface area contributed by atoms with Crippen molar-refractivity contribution in [2.75, 3.05) is 11.9 Å². The molecular weight excluding hydrogens is 285 g/mol. The van der Waals surface area contributed by atoms with E-state index in [1.165, 1.54) is 11.3 Å². The van der Waals surface area contributed by atoms with Crippen LogP contribution in [0.25, 0.3) is 0 Å². The van der Waals surface area contributed by atoms with Crippen molar-refractivity contribution in [3.63, 3.8) is 0 Å². The second-order valence-corrected chi connectivity index (χ2v) is 5.39. The Bertz CT molecular complexity index is 520. The van der Waals surface area contributed by atoms with Gasteiger partial charge in [0, 0.05) is 24.0 Å². The number of rotatable bonds is 4. The van der Waals surface area contributed by atoms with Crippen LogP contribution in [0.4, 0.5) is 18.3 Å². The van der Waals surface area contributed by atoms with Crippen molar-refractivity contribution in [3.8, 4) is 0 Å². The first-order valence-electron chi connectivity index (χ1n) is 5.01. The second-order valence-electron chi connectivity index (χ2n) is 3.47. The van der Waals surface area contributed by atoms with Crippen LogP contribution in [0.1, 0.15) is 15.7 Å². The highest BCUT2D eigenvalue weighted by Crippen LogP contribution is 2.32. The smallest absolute Gasteiger partial charge is 0.360 e. The Labute approximate surface area is 109 Å². The fourth-order valence-corrected chi connectivity index (χ4v) is 2.62. The quantitative estimate of drug-likeness (QED) is 0.942. The van der Waals surface area contributed by atoms with Gasteiger partial charge in [-0.05, 0) is 6.92 Å². The molecule has 4 nitrogen and oxygen atoms in total. The summed E-state index contributed by atoms with van der Waals surface area (Å²) in [4.78, 5) is 4.25. The van der Waals surface area contributed by atoms with Crippen LogP contribution in [0.5, 0.6) is 0 Å². The fourth-order valence-electron chi connectivity index (χ4n) is 1.20. The van der Waals surface area contributed by atoms with Crippen LogP contribution in [0, 0.1) is 6.92 Å². The van der Waals surface area contributed by atoms with E-state index in [0.29, 0.717) is 24.3 Å². The first-order valence-corrected chi connectivity index (χ1v) is 6.70. The molecule has 0 atom stereocenters. The van der Waals surface area contributed by atoms with Gasteiger partial charge in [0.15, 0.2) is 0 Å². The summed E-state index contributed by atoms with van der Waals surface area (Å²) < 4.78 is 36.8. The van der Waals surface area contributed by atoms with E-state index in [0.717, 1.165) is 10.7 Å². The van der Waals surface area contributed by atoms with E-state index >= 15 is 0 Å². The lowest BCUT2D eigenvalue weighted by molar-refractivity contribution is -0.138. The summed E-state index contributed by atoms with van der Waals surface area (Å²) in [6, 6.07) is 0. The van der Waals surface area contributed by atoms with Crippen LogP contribution in [-0.4, -0.2) is 21.7 Å². The molecule has 0 spiro atoms. The van der Waals surface area contributed by atoms with Gasteiger partial charge in [0.05, 0.1) is 5.01 Å². The van der Waals surface area contributed by atoms with Crippen molar-refractivity contribution >= 4 is 27.8 Å². The molecule has 0 aliphatic rings. The number of hydrogen-bond donors (Lipinski definition) is 1. The van der Waals surface area contributed by atoms with E-state index in [1.54, 1.807) is 0 Å². The lowest BCUT2D eigenvalue weighted by Gasteiger charge is -1.99. The van der Waals surface area contributed by atoms with Gasteiger partial charge >= 0.3 is 6.18 Å². The third-order valence-corrected chi connectivity index (χ3v) is 3.90. The molecule has 18 heavy (non-hydrogen) atoms. The lowest BCUT2D eigenvalue weighted by atomic mass is 10.4. The predicted molar refractivity (Wildman–Crippen MR) is 64.0 cm³/mol. The molecule has 1 N–H and O–H groups in total. The summed E-state index contributed by atoms with van der Waals surface area (Å²) in [7, 11) is 0. The minimum Gasteiger partial charge on any atom is -0.360 e. The summed E-state index contributed by atoms with van der Waals surface area (Å²) in [6.45, 7) is 2.38. The molecule has 0 saturated heterocycles. The van der Waals surface area contributed by atoms with Gasteiger partial charge in [-0.1, -0.05) is 11.3 Å². The number of thiazole rings is 1. The number of nitrogens with one attached hydrogen (secondary N) is 1.